The molecular formula is C19H35N5O3. The van der Waals surface area contributed by atoms with Gasteiger partial charge in [-0.2, -0.15) is 0 Å². The summed E-state index contributed by atoms with van der Waals surface area (Å²) in [5, 5.41) is 3.47. The molecular weight excluding hydrogens is 346 g/mol. The van der Waals surface area contributed by atoms with Gasteiger partial charge in [-0.25, -0.2) is 4.99 Å². The van der Waals surface area contributed by atoms with Gasteiger partial charge in [0.2, 0.25) is 5.91 Å². The second-order valence-electron chi connectivity index (χ2n) is 7.96. The number of likely N-dealkylation sites (tertiary alicyclic amines) is 1. The molecule has 27 heavy (non-hydrogen) atoms. The molecule has 3 fully saturated rings. The minimum atomic E-state index is 0.0236. The Bertz CT molecular complexity index is 502. The van der Waals surface area contributed by atoms with Crippen molar-refractivity contribution < 1.29 is 14.3 Å². The lowest BCUT2D eigenvalue weighted by Crippen LogP contribution is -2.44. The Labute approximate surface area is 162 Å². The third-order valence-corrected chi connectivity index (χ3v) is 5.58. The van der Waals surface area contributed by atoms with Crippen molar-refractivity contribution in [1.82, 2.24) is 20.0 Å². The van der Waals surface area contributed by atoms with Gasteiger partial charge in [-0.15, -0.1) is 0 Å². The van der Waals surface area contributed by atoms with Gasteiger partial charge < -0.3 is 24.6 Å². The van der Waals surface area contributed by atoms with E-state index in [1.54, 1.807) is 19.0 Å². The summed E-state index contributed by atoms with van der Waals surface area (Å²) < 4.78 is 11.2. The standard InChI is InChI=1S/C19H35N5O3/c1-22(2)18(25)13-21-19(20-12-17-4-3-9-27-17)24-6-5-16(15-24)14-23-7-10-26-11-8-23/h16-17H,3-15H2,1-2H3,(H,20,21). The van der Waals surface area contributed by atoms with Crippen molar-refractivity contribution in [3.8, 4) is 0 Å². The van der Waals surface area contributed by atoms with Gasteiger partial charge in [0.25, 0.3) is 0 Å². The molecule has 0 spiro atoms. The number of aliphatic imine (C=N–C) groups is 1. The first-order chi connectivity index (χ1) is 13.1. The Morgan fingerprint density at radius 3 is 2.70 bits per heavy atom. The van der Waals surface area contributed by atoms with E-state index in [9.17, 15) is 4.79 Å². The first-order valence-electron chi connectivity index (χ1n) is 10.3. The van der Waals surface area contributed by atoms with E-state index >= 15 is 0 Å². The largest absolute Gasteiger partial charge is 0.379 e. The maximum atomic E-state index is 12.0. The summed E-state index contributed by atoms with van der Waals surface area (Å²) in [6, 6.07) is 0. The molecule has 3 aliphatic heterocycles. The zero-order valence-electron chi connectivity index (χ0n) is 16.9. The van der Waals surface area contributed by atoms with Crippen LogP contribution >= 0.6 is 0 Å². The van der Waals surface area contributed by atoms with Crippen molar-refractivity contribution in [2.45, 2.75) is 25.4 Å². The van der Waals surface area contributed by atoms with Crippen LogP contribution in [0.15, 0.2) is 4.99 Å². The predicted molar refractivity (Wildman–Crippen MR) is 105 cm³/mol. The molecule has 0 saturated carbocycles. The molecule has 0 bridgehead atoms. The number of likely N-dealkylation sites (N-methyl/N-ethyl adjacent to an activating group) is 1. The van der Waals surface area contributed by atoms with Crippen molar-refractivity contribution in [3.05, 3.63) is 0 Å². The molecule has 2 unspecified atom stereocenters. The monoisotopic (exact) mass is 381 g/mol. The number of nitrogens with one attached hydrogen (secondary N) is 1. The molecule has 3 rings (SSSR count). The molecule has 8 nitrogen and oxygen atoms in total. The molecule has 1 N–H and O–H groups in total. The van der Waals surface area contributed by atoms with Gasteiger partial charge in [-0.05, 0) is 25.2 Å². The summed E-state index contributed by atoms with van der Waals surface area (Å²) in [5.41, 5.74) is 0. The first kappa shape index (κ1) is 20.4. The third kappa shape index (κ3) is 6.33. The average Bonchev–Trinajstić information content (AvgIpc) is 3.34. The van der Waals surface area contributed by atoms with Gasteiger partial charge in [-0.3, -0.25) is 9.69 Å². The first-order valence-corrected chi connectivity index (χ1v) is 10.3. The number of amides is 1. The van der Waals surface area contributed by atoms with Crippen LogP contribution < -0.4 is 5.32 Å². The predicted octanol–water partition coefficient (Wildman–Crippen LogP) is -0.147. The van der Waals surface area contributed by atoms with E-state index in [0.29, 0.717) is 5.92 Å². The summed E-state index contributed by atoms with van der Waals surface area (Å²) in [7, 11) is 3.54. The van der Waals surface area contributed by atoms with Crippen LogP contribution in [0.2, 0.25) is 0 Å². The molecule has 0 radical (unpaired) electrons. The van der Waals surface area contributed by atoms with Gasteiger partial charge in [0.1, 0.15) is 6.54 Å². The summed E-state index contributed by atoms with van der Waals surface area (Å²) in [4.78, 5) is 23.0. The van der Waals surface area contributed by atoms with Gasteiger partial charge in [0, 0.05) is 60.0 Å². The summed E-state index contributed by atoms with van der Waals surface area (Å²) in [5.74, 6) is 1.52. The van der Waals surface area contributed by atoms with E-state index in [4.69, 9.17) is 9.47 Å². The van der Waals surface area contributed by atoms with Crippen molar-refractivity contribution in [2.24, 2.45) is 10.9 Å². The summed E-state index contributed by atoms with van der Waals surface area (Å²) in [6.07, 6.45) is 3.64. The molecule has 3 heterocycles. The van der Waals surface area contributed by atoms with Crippen molar-refractivity contribution >= 4 is 11.9 Å². The Balaban J connectivity index is 1.53. The maximum Gasteiger partial charge on any atom is 0.243 e. The van der Waals surface area contributed by atoms with E-state index < -0.39 is 0 Å². The van der Waals surface area contributed by atoms with E-state index in [0.717, 1.165) is 77.9 Å². The topological polar surface area (TPSA) is 69.6 Å². The number of carbonyl (C=O) groups is 1. The molecule has 154 valence electrons. The van der Waals surface area contributed by atoms with Crippen molar-refractivity contribution in [3.63, 3.8) is 0 Å². The third-order valence-electron chi connectivity index (χ3n) is 5.58. The number of rotatable bonds is 6. The number of nitrogens with zero attached hydrogens (tertiary/aromatic N) is 4. The minimum Gasteiger partial charge on any atom is -0.379 e. The molecule has 8 heteroatoms. The van der Waals surface area contributed by atoms with E-state index in [1.807, 2.05) is 0 Å². The lowest BCUT2D eigenvalue weighted by atomic mass is 10.1. The minimum absolute atomic E-state index is 0.0236. The summed E-state index contributed by atoms with van der Waals surface area (Å²) >= 11 is 0. The fraction of sp³-hybridized carbons (Fsp3) is 0.895. The molecule has 0 aromatic carbocycles. The maximum absolute atomic E-state index is 12.0. The van der Waals surface area contributed by atoms with E-state index in [1.165, 1.54) is 6.42 Å². The number of ether oxygens (including phenoxy) is 2. The van der Waals surface area contributed by atoms with Crippen LogP contribution in [0.25, 0.3) is 0 Å². The average molecular weight is 382 g/mol. The highest BCUT2D eigenvalue weighted by molar-refractivity contribution is 5.85. The molecule has 1 amide bonds. The van der Waals surface area contributed by atoms with E-state index in [-0.39, 0.29) is 18.6 Å². The lowest BCUT2D eigenvalue weighted by molar-refractivity contribution is -0.127. The second kappa shape index (κ2) is 10.2. The van der Waals surface area contributed by atoms with Crippen molar-refractivity contribution in [1.29, 1.82) is 0 Å². The fourth-order valence-corrected chi connectivity index (χ4v) is 3.89. The van der Waals surface area contributed by atoms with Crippen LogP contribution in [0.5, 0.6) is 0 Å². The zero-order chi connectivity index (χ0) is 19.1. The Hall–Kier alpha value is -1.38. The number of carbonyl (C=O) groups excluding carboxylic acids is 1. The van der Waals surface area contributed by atoms with Crippen LogP contribution in [-0.2, 0) is 14.3 Å². The number of guanidine groups is 1. The van der Waals surface area contributed by atoms with Gasteiger partial charge in [0.05, 0.1) is 19.3 Å². The van der Waals surface area contributed by atoms with Gasteiger partial charge in [-0.1, -0.05) is 0 Å². The van der Waals surface area contributed by atoms with Crippen LogP contribution in [-0.4, -0.2) is 112 Å². The highest BCUT2D eigenvalue weighted by Crippen LogP contribution is 2.19. The Kier molecular flexibility index (Phi) is 7.72. The molecule has 3 aliphatic rings. The lowest BCUT2D eigenvalue weighted by Gasteiger charge is -2.29. The molecule has 2 atom stereocenters. The van der Waals surface area contributed by atoms with Crippen LogP contribution in [0.4, 0.5) is 0 Å². The molecule has 0 aliphatic carbocycles. The zero-order valence-corrected chi connectivity index (χ0v) is 16.9. The van der Waals surface area contributed by atoms with Crippen LogP contribution in [0.1, 0.15) is 19.3 Å². The summed E-state index contributed by atoms with van der Waals surface area (Å²) in [6.45, 7) is 8.66. The number of hydrogen-bond acceptors (Lipinski definition) is 5. The number of hydrogen-bond donors (Lipinski definition) is 1. The Morgan fingerprint density at radius 1 is 1.19 bits per heavy atom. The SMILES string of the molecule is CN(C)C(=O)CN=C(NCC1CCCO1)N1CCC(CN2CCOCC2)C1. The smallest absolute Gasteiger partial charge is 0.243 e. The number of morpholine rings is 1. The molecule has 3 saturated heterocycles. The van der Waals surface area contributed by atoms with Crippen molar-refractivity contribution in [2.75, 3.05) is 79.7 Å². The van der Waals surface area contributed by atoms with Crippen LogP contribution in [0.3, 0.4) is 0 Å². The second-order valence-corrected chi connectivity index (χ2v) is 7.96. The Morgan fingerprint density at radius 2 is 2.00 bits per heavy atom. The quantitative estimate of drug-likeness (QED) is 0.510. The van der Waals surface area contributed by atoms with Gasteiger partial charge >= 0.3 is 0 Å². The highest BCUT2D eigenvalue weighted by Gasteiger charge is 2.28. The van der Waals surface area contributed by atoms with Gasteiger partial charge in [0.15, 0.2) is 5.96 Å². The normalized spacial score (nSPS) is 27.2. The van der Waals surface area contributed by atoms with Crippen LogP contribution in [0, 0.1) is 5.92 Å². The highest BCUT2D eigenvalue weighted by atomic mass is 16.5. The van der Waals surface area contributed by atoms with E-state index in [2.05, 4.69) is 20.1 Å². The molecule has 0 aromatic rings. The molecule has 0 aromatic heterocycles. The fourth-order valence-electron chi connectivity index (χ4n) is 3.89.